The molecule has 2 aromatic heterocycles. The van der Waals surface area contributed by atoms with Gasteiger partial charge in [-0.3, -0.25) is 9.59 Å². The maximum absolute atomic E-state index is 13.8. The molecule has 3 aromatic rings. The zero-order valence-corrected chi connectivity index (χ0v) is 25.1. The van der Waals surface area contributed by atoms with Crippen molar-refractivity contribution in [1.82, 2.24) is 29.1 Å². The predicted octanol–water partition coefficient (Wildman–Crippen LogP) is 1.43. The van der Waals surface area contributed by atoms with Gasteiger partial charge in [0.2, 0.25) is 5.91 Å². The number of piperazine rings is 1. The van der Waals surface area contributed by atoms with Crippen molar-refractivity contribution >= 4 is 43.3 Å². The molecule has 5 heterocycles. The van der Waals surface area contributed by atoms with Crippen molar-refractivity contribution in [2.45, 2.75) is 29.8 Å². The summed E-state index contributed by atoms with van der Waals surface area (Å²) in [6.07, 6.45) is 5.50. The van der Waals surface area contributed by atoms with Gasteiger partial charge in [-0.05, 0) is 23.6 Å². The fraction of sp³-hybridized carbons (Fsp3) is 0.464. The largest absolute Gasteiger partial charge is 0.436 e. The van der Waals surface area contributed by atoms with E-state index in [2.05, 4.69) is 10.9 Å². The maximum Gasteiger partial charge on any atom is 0.310 e. The van der Waals surface area contributed by atoms with Crippen molar-refractivity contribution in [3.05, 3.63) is 47.2 Å². The number of sulfonamides is 1. The molecule has 0 spiro atoms. The minimum atomic E-state index is -3.90. The second-order valence-corrected chi connectivity index (χ2v) is 13.9. The van der Waals surface area contributed by atoms with Gasteiger partial charge in [0.1, 0.15) is 9.97 Å². The minimum Gasteiger partial charge on any atom is -0.436 e. The second-order valence-electron chi connectivity index (χ2n) is 10.7. The summed E-state index contributed by atoms with van der Waals surface area (Å²) in [5.41, 5.74) is 1.37. The first-order chi connectivity index (χ1) is 20.1. The number of amides is 2. The number of aromatic nitrogens is 1. The lowest BCUT2D eigenvalue weighted by atomic mass is 10.1. The molecule has 3 aliphatic heterocycles. The van der Waals surface area contributed by atoms with Crippen molar-refractivity contribution in [3.8, 4) is 12.3 Å². The Morgan fingerprint density at radius 1 is 1.10 bits per heavy atom. The van der Waals surface area contributed by atoms with E-state index in [4.69, 9.17) is 15.6 Å². The van der Waals surface area contributed by atoms with Gasteiger partial charge in [-0.2, -0.15) is 4.31 Å². The number of terminal acetylenes is 1. The first-order valence-corrected chi connectivity index (χ1v) is 16.0. The van der Waals surface area contributed by atoms with Gasteiger partial charge in [-0.25, -0.2) is 23.4 Å². The zero-order valence-electron chi connectivity index (χ0n) is 23.5. The number of oxazole rings is 1. The Morgan fingerprint density at radius 2 is 1.86 bits per heavy atom. The molecule has 2 amide bonds. The molecule has 1 unspecified atom stereocenters. The van der Waals surface area contributed by atoms with E-state index in [-0.39, 0.29) is 42.1 Å². The first kappa shape index (κ1) is 28.8. The van der Waals surface area contributed by atoms with Crippen LogP contribution in [0.5, 0.6) is 0 Å². The number of carbonyl (C=O) groups excluding carboxylic acids is 2. The van der Waals surface area contributed by atoms with Gasteiger partial charge < -0.3 is 19.0 Å². The average molecular weight is 613 g/mol. The third-order valence-electron chi connectivity index (χ3n) is 8.03. The monoisotopic (exact) mass is 612 g/mol. The summed E-state index contributed by atoms with van der Waals surface area (Å²) in [4.78, 5) is 34.8. The normalized spacial score (nSPS) is 20.9. The van der Waals surface area contributed by atoms with Crippen LogP contribution in [-0.4, -0.2) is 115 Å². The van der Waals surface area contributed by atoms with Gasteiger partial charge in [0.25, 0.3) is 15.9 Å². The van der Waals surface area contributed by atoms with E-state index in [9.17, 15) is 18.0 Å². The highest BCUT2D eigenvalue weighted by Crippen LogP contribution is 2.33. The summed E-state index contributed by atoms with van der Waals surface area (Å²) in [6, 6.07) is 6.33. The quantitative estimate of drug-likeness (QED) is 0.394. The van der Waals surface area contributed by atoms with E-state index >= 15 is 0 Å². The SMILES string of the molecule is C#Cc1ccc2cc(S(=O)(=O)N3CCN(C(=O)c4nc5c(o4)CN(C)N(C)C5)C(CC(=O)N4CCOCC4)C3)sc2c1. The third kappa shape index (κ3) is 5.44. The number of morpholine rings is 1. The van der Waals surface area contributed by atoms with Crippen LogP contribution in [0.15, 0.2) is 32.9 Å². The van der Waals surface area contributed by atoms with Crippen LogP contribution in [0.4, 0.5) is 0 Å². The molecule has 0 aliphatic carbocycles. The highest BCUT2D eigenvalue weighted by atomic mass is 32.2. The zero-order chi connectivity index (χ0) is 29.6. The van der Waals surface area contributed by atoms with Crippen LogP contribution < -0.4 is 0 Å². The number of rotatable bonds is 5. The average Bonchev–Trinajstić information content (AvgIpc) is 3.61. The van der Waals surface area contributed by atoms with Gasteiger partial charge in [-0.15, -0.1) is 17.8 Å². The number of benzene rings is 1. The molecule has 2 saturated heterocycles. The summed E-state index contributed by atoms with van der Waals surface area (Å²) in [6.45, 7) is 2.92. The molecule has 12 nitrogen and oxygen atoms in total. The minimum absolute atomic E-state index is 0.0262. The molecule has 3 aliphatic rings. The molecular formula is C28H32N6O6S2. The Labute approximate surface area is 248 Å². The van der Waals surface area contributed by atoms with Crippen LogP contribution >= 0.6 is 11.3 Å². The summed E-state index contributed by atoms with van der Waals surface area (Å²) in [5, 5.41) is 4.74. The molecule has 2 fully saturated rings. The van der Waals surface area contributed by atoms with Crippen LogP contribution in [-0.2, 0) is 32.6 Å². The first-order valence-electron chi connectivity index (χ1n) is 13.7. The van der Waals surface area contributed by atoms with Crippen LogP contribution in [0.1, 0.15) is 34.1 Å². The molecule has 0 radical (unpaired) electrons. The van der Waals surface area contributed by atoms with E-state index in [0.29, 0.717) is 56.4 Å². The molecule has 0 N–H and O–H groups in total. The molecule has 0 saturated carbocycles. The summed E-state index contributed by atoms with van der Waals surface area (Å²) in [5.74, 6) is 2.56. The molecule has 6 rings (SSSR count). The topological polar surface area (TPSA) is 120 Å². The van der Waals surface area contributed by atoms with Crippen molar-refractivity contribution < 1.29 is 27.2 Å². The maximum atomic E-state index is 13.8. The van der Waals surface area contributed by atoms with Gasteiger partial charge in [0, 0.05) is 63.5 Å². The summed E-state index contributed by atoms with van der Waals surface area (Å²) < 4.78 is 41.3. The van der Waals surface area contributed by atoms with E-state index in [0.717, 1.165) is 21.4 Å². The Balaban J connectivity index is 1.27. The number of hydrazine groups is 1. The van der Waals surface area contributed by atoms with Crippen LogP contribution in [0, 0.1) is 12.3 Å². The van der Waals surface area contributed by atoms with Gasteiger partial charge in [0.15, 0.2) is 0 Å². The number of thiophene rings is 1. The third-order valence-corrected chi connectivity index (χ3v) is 11.4. The van der Waals surface area contributed by atoms with Crippen molar-refractivity contribution in [2.75, 3.05) is 60.0 Å². The number of carbonyl (C=O) groups is 2. The van der Waals surface area contributed by atoms with Crippen LogP contribution in [0.3, 0.4) is 0 Å². The molecule has 1 atom stereocenters. The number of nitrogens with zero attached hydrogens (tertiary/aromatic N) is 6. The van der Waals surface area contributed by atoms with Crippen molar-refractivity contribution in [1.29, 1.82) is 0 Å². The number of fused-ring (bicyclic) bond motifs is 2. The molecule has 42 heavy (non-hydrogen) atoms. The molecule has 1 aromatic carbocycles. The second kappa shape index (κ2) is 11.4. The van der Waals surface area contributed by atoms with Crippen molar-refractivity contribution in [3.63, 3.8) is 0 Å². The lowest BCUT2D eigenvalue weighted by Crippen LogP contribution is -2.58. The predicted molar refractivity (Wildman–Crippen MR) is 155 cm³/mol. The number of hydrogen-bond acceptors (Lipinski definition) is 10. The lowest BCUT2D eigenvalue weighted by Gasteiger charge is -2.40. The lowest BCUT2D eigenvalue weighted by molar-refractivity contribution is -0.136. The van der Waals surface area contributed by atoms with Crippen LogP contribution in [0.2, 0.25) is 0 Å². The fourth-order valence-electron chi connectivity index (χ4n) is 5.49. The standard InChI is InChI=1S/C28H32N6O6S2/c1-4-19-5-6-20-14-26(41-24(20)13-19)42(37,38)33-7-8-34(21(16-33)15-25(35)32-9-11-39-12-10-32)28(36)27-29-22-17-30(2)31(3)18-23(22)40-27/h1,5-6,13-14,21H,7-12,15-18H2,2-3H3. The Hall–Kier alpha value is -3.32. The highest BCUT2D eigenvalue weighted by Gasteiger charge is 2.40. The highest BCUT2D eigenvalue weighted by molar-refractivity contribution is 7.91. The molecule has 0 bridgehead atoms. The number of hydrogen-bond donors (Lipinski definition) is 0. The smallest absolute Gasteiger partial charge is 0.310 e. The Kier molecular flexibility index (Phi) is 7.81. The molecular weight excluding hydrogens is 580 g/mol. The fourth-order valence-corrected chi connectivity index (χ4v) is 8.55. The summed E-state index contributed by atoms with van der Waals surface area (Å²) >= 11 is 1.16. The van der Waals surface area contributed by atoms with E-state index in [1.807, 2.05) is 30.2 Å². The Morgan fingerprint density at radius 3 is 2.62 bits per heavy atom. The van der Waals surface area contributed by atoms with Crippen LogP contribution in [0.25, 0.3) is 10.1 Å². The number of ether oxygens (including phenoxy) is 1. The Bertz CT molecular complexity index is 1640. The van der Waals surface area contributed by atoms with E-state index in [1.165, 1.54) is 4.31 Å². The van der Waals surface area contributed by atoms with Gasteiger partial charge in [0.05, 0.1) is 38.0 Å². The van der Waals surface area contributed by atoms with Gasteiger partial charge >= 0.3 is 5.91 Å². The molecule has 222 valence electrons. The van der Waals surface area contributed by atoms with Gasteiger partial charge in [-0.1, -0.05) is 12.0 Å². The molecule has 14 heteroatoms. The van der Waals surface area contributed by atoms with E-state index in [1.54, 1.807) is 28.0 Å². The summed E-state index contributed by atoms with van der Waals surface area (Å²) in [7, 11) is -0.0497. The van der Waals surface area contributed by atoms with E-state index < -0.39 is 22.0 Å². The van der Waals surface area contributed by atoms with Crippen molar-refractivity contribution in [2.24, 2.45) is 0 Å².